The monoisotopic (exact) mass is 255 g/mol. The van der Waals surface area contributed by atoms with Gasteiger partial charge in [-0.2, -0.15) is 0 Å². The molecule has 0 amide bonds. The lowest BCUT2D eigenvalue weighted by Gasteiger charge is -2.45. The average molecular weight is 255 g/mol. The summed E-state index contributed by atoms with van der Waals surface area (Å²) in [7, 11) is 2.25. The third-order valence-corrected chi connectivity index (χ3v) is 4.49. The Morgan fingerprint density at radius 2 is 1.72 bits per heavy atom. The van der Waals surface area contributed by atoms with Crippen molar-refractivity contribution in [1.29, 1.82) is 0 Å². The highest BCUT2D eigenvalue weighted by atomic mass is 15.3. The summed E-state index contributed by atoms with van der Waals surface area (Å²) in [4.78, 5) is 5.14. The third kappa shape index (κ3) is 4.52. The van der Waals surface area contributed by atoms with Crippen LogP contribution in [0.15, 0.2) is 0 Å². The van der Waals surface area contributed by atoms with Crippen LogP contribution in [0.5, 0.6) is 0 Å². The molecule has 1 aliphatic heterocycles. The van der Waals surface area contributed by atoms with Crippen LogP contribution in [-0.4, -0.2) is 60.6 Å². The molecule has 108 valence electrons. The molecule has 1 fully saturated rings. The fourth-order valence-corrected chi connectivity index (χ4v) is 2.84. The first-order chi connectivity index (χ1) is 8.45. The highest BCUT2D eigenvalue weighted by molar-refractivity contribution is 4.86. The molecular formula is C15H33N3. The van der Waals surface area contributed by atoms with Crippen LogP contribution in [0.4, 0.5) is 0 Å². The van der Waals surface area contributed by atoms with Crippen molar-refractivity contribution >= 4 is 0 Å². The number of hydrogen-bond acceptors (Lipinski definition) is 3. The van der Waals surface area contributed by atoms with E-state index in [0.717, 1.165) is 6.54 Å². The van der Waals surface area contributed by atoms with E-state index < -0.39 is 0 Å². The quantitative estimate of drug-likeness (QED) is 0.785. The van der Waals surface area contributed by atoms with Crippen LogP contribution >= 0.6 is 0 Å². The number of hydrogen-bond donors (Lipinski definition) is 1. The van der Waals surface area contributed by atoms with Gasteiger partial charge in [-0.1, -0.05) is 13.3 Å². The van der Waals surface area contributed by atoms with E-state index in [9.17, 15) is 0 Å². The highest BCUT2D eigenvalue weighted by Gasteiger charge is 2.28. The summed E-state index contributed by atoms with van der Waals surface area (Å²) in [5, 5.41) is 3.67. The Labute approximate surface area is 114 Å². The molecule has 4 unspecified atom stereocenters. The van der Waals surface area contributed by atoms with Gasteiger partial charge in [0.05, 0.1) is 0 Å². The molecule has 0 radical (unpaired) electrons. The van der Waals surface area contributed by atoms with E-state index in [2.05, 4.69) is 56.8 Å². The standard InChI is InChI=1S/C15H33N3/c1-7-8-12(2)16-9-13(3)18-10-14(4)17(6)15(5)11-18/h12-16H,7-11H2,1-6H3. The van der Waals surface area contributed by atoms with Crippen molar-refractivity contribution in [2.45, 2.75) is 71.6 Å². The van der Waals surface area contributed by atoms with Crippen LogP contribution < -0.4 is 5.32 Å². The number of piperazine rings is 1. The van der Waals surface area contributed by atoms with E-state index in [-0.39, 0.29) is 0 Å². The van der Waals surface area contributed by atoms with Crippen LogP contribution in [0, 0.1) is 0 Å². The van der Waals surface area contributed by atoms with Crippen LogP contribution in [0.2, 0.25) is 0 Å². The summed E-state index contributed by atoms with van der Waals surface area (Å²) in [5.41, 5.74) is 0. The smallest absolute Gasteiger partial charge is 0.0195 e. The summed E-state index contributed by atoms with van der Waals surface area (Å²) in [6.07, 6.45) is 2.55. The Hall–Kier alpha value is -0.120. The predicted octanol–water partition coefficient (Wildman–Crippen LogP) is 2.18. The molecule has 0 aromatic carbocycles. The Bertz CT molecular complexity index is 220. The second-order valence-corrected chi connectivity index (χ2v) is 6.26. The molecular weight excluding hydrogens is 222 g/mol. The average Bonchev–Trinajstić information content (AvgIpc) is 2.32. The molecule has 1 N–H and O–H groups in total. The van der Waals surface area contributed by atoms with Crippen LogP contribution in [-0.2, 0) is 0 Å². The maximum atomic E-state index is 3.67. The largest absolute Gasteiger partial charge is 0.313 e. The molecule has 1 rings (SSSR count). The highest BCUT2D eigenvalue weighted by Crippen LogP contribution is 2.15. The summed E-state index contributed by atoms with van der Waals surface area (Å²) in [5.74, 6) is 0. The molecule has 1 aliphatic rings. The molecule has 0 bridgehead atoms. The second kappa shape index (κ2) is 7.46. The number of rotatable bonds is 6. The summed E-state index contributed by atoms with van der Waals surface area (Å²) >= 11 is 0. The Morgan fingerprint density at radius 3 is 2.22 bits per heavy atom. The normalized spacial score (nSPS) is 30.3. The summed E-state index contributed by atoms with van der Waals surface area (Å²) in [6, 6.07) is 2.64. The predicted molar refractivity (Wildman–Crippen MR) is 80.1 cm³/mol. The second-order valence-electron chi connectivity index (χ2n) is 6.26. The fraction of sp³-hybridized carbons (Fsp3) is 1.00. The summed E-state index contributed by atoms with van der Waals surface area (Å²) < 4.78 is 0. The molecule has 4 atom stereocenters. The number of nitrogens with one attached hydrogen (secondary N) is 1. The minimum absolute atomic E-state index is 0.642. The van der Waals surface area contributed by atoms with Crippen molar-refractivity contribution in [2.75, 3.05) is 26.7 Å². The lowest BCUT2D eigenvalue weighted by molar-refractivity contribution is 0.0375. The van der Waals surface area contributed by atoms with Crippen molar-refractivity contribution in [3.63, 3.8) is 0 Å². The lowest BCUT2D eigenvalue weighted by Crippen LogP contribution is -2.58. The molecule has 18 heavy (non-hydrogen) atoms. The molecule has 0 aromatic rings. The molecule has 0 aliphatic carbocycles. The maximum Gasteiger partial charge on any atom is 0.0195 e. The van der Waals surface area contributed by atoms with Gasteiger partial charge in [0.2, 0.25) is 0 Å². The van der Waals surface area contributed by atoms with Gasteiger partial charge >= 0.3 is 0 Å². The van der Waals surface area contributed by atoms with Crippen LogP contribution in [0.25, 0.3) is 0 Å². The van der Waals surface area contributed by atoms with Crippen molar-refractivity contribution in [2.24, 2.45) is 0 Å². The third-order valence-electron chi connectivity index (χ3n) is 4.49. The minimum Gasteiger partial charge on any atom is -0.313 e. The first-order valence-electron chi connectivity index (χ1n) is 7.65. The van der Waals surface area contributed by atoms with Gasteiger partial charge in [-0.3, -0.25) is 9.80 Å². The van der Waals surface area contributed by atoms with Gasteiger partial charge < -0.3 is 5.32 Å². The van der Waals surface area contributed by atoms with E-state index in [1.165, 1.54) is 25.9 Å². The van der Waals surface area contributed by atoms with E-state index in [1.807, 2.05) is 0 Å². The SMILES string of the molecule is CCCC(C)NCC(C)N1CC(C)N(C)C(C)C1. The van der Waals surface area contributed by atoms with Crippen LogP contribution in [0.3, 0.4) is 0 Å². The molecule has 1 heterocycles. The van der Waals surface area contributed by atoms with E-state index in [1.54, 1.807) is 0 Å². The van der Waals surface area contributed by atoms with E-state index in [4.69, 9.17) is 0 Å². The van der Waals surface area contributed by atoms with Gasteiger partial charge in [0.25, 0.3) is 0 Å². The van der Waals surface area contributed by atoms with Gasteiger partial charge in [-0.25, -0.2) is 0 Å². The van der Waals surface area contributed by atoms with Crippen molar-refractivity contribution < 1.29 is 0 Å². The van der Waals surface area contributed by atoms with Crippen molar-refractivity contribution in [1.82, 2.24) is 15.1 Å². The first-order valence-corrected chi connectivity index (χ1v) is 7.65. The zero-order valence-corrected chi connectivity index (χ0v) is 13.2. The topological polar surface area (TPSA) is 18.5 Å². The molecule has 1 saturated heterocycles. The molecule has 3 nitrogen and oxygen atoms in total. The minimum atomic E-state index is 0.642. The van der Waals surface area contributed by atoms with E-state index in [0.29, 0.717) is 24.2 Å². The van der Waals surface area contributed by atoms with Crippen LogP contribution in [0.1, 0.15) is 47.5 Å². The Morgan fingerprint density at radius 1 is 1.17 bits per heavy atom. The van der Waals surface area contributed by atoms with Gasteiger partial charge in [0.1, 0.15) is 0 Å². The maximum absolute atomic E-state index is 3.67. The molecule has 0 saturated carbocycles. The van der Waals surface area contributed by atoms with Gasteiger partial charge in [0.15, 0.2) is 0 Å². The van der Waals surface area contributed by atoms with Crippen molar-refractivity contribution in [3.8, 4) is 0 Å². The fourth-order valence-electron chi connectivity index (χ4n) is 2.84. The molecule has 3 heteroatoms. The number of nitrogens with zero attached hydrogens (tertiary/aromatic N) is 2. The first kappa shape index (κ1) is 15.9. The number of likely N-dealkylation sites (N-methyl/N-ethyl adjacent to an activating group) is 1. The van der Waals surface area contributed by atoms with Gasteiger partial charge in [0, 0.05) is 43.8 Å². The molecule has 0 spiro atoms. The Balaban J connectivity index is 2.35. The van der Waals surface area contributed by atoms with Gasteiger partial charge in [-0.05, 0) is 41.2 Å². The summed E-state index contributed by atoms with van der Waals surface area (Å²) in [6.45, 7) is 15.1. The van der Waals surface area contributed by atoms with Crippen molar-refractivity contribution in [3.05, 3.63) is 0 Å². The molecule has 0 aromatic heterocycles. The van der Waals surface area contributed by atoms with E-state index >= 15 is 0 Å². The zero-order valence-electron chi connectivity index (χ0n) is 13.2. The van der Waals surface area contributed by atoms with Gasteiger partial charge in [-0.15, -0.1) is 0 Å². The zero-order chi connectivity index (χ0) is 13.7. The Kier molecular flexibility index (Phi) is 6.61. The lowest BCUT2D eigenvalue weighted by atomic mass is 10.1.